The number of carboxylic acid groups (broad SMARTS) is 1. The van der Waals surface area contributed by atoms with Gasteiger partial charge in [-0.05, 0) is 17.9 Å². The number of carboxylic acids is 1. The highest BCUT2D eigenvalue weighted by Gasteiger charge is 2.19. The average Bonchev–Trinajstić information content (AvgIpc) is 2.35. The number of carbonyl (C=O) groups is 2. The molecule has 0 saturated carbocycles. The van der Waals surface area contributed by atoms with Crippen LogP contribution >= 0.6 is 11.8 Å². The summed E-state index contributed by atoms with van der Waals surface area (Å²) in [6, 6.07) is 7.75. The Morgan fingerprint density at radius 1 is 1.35 bits per heavy atom. The van der Waals surface area contributed by atoms with Crippen molar-refractivity contribution in [2.75, 3.05) is 11.5 Å². The van der Waals surface area contributed by atoms with Crippen molar-refractivity contribution in [1.82, 2.24) is 5.32 Å². The van der Waals surface area contributed by atoms with E-state index in [1.807, 2.05) is 6.92 Å². The van der Waals surface area contributed by atoms with E-state index >= 15 is 0 Å². The van der Waals surface area contributed by atoms with Crippen LogP contribution in [0.4, 0.5) is 0 Å². The number of aliphatic carboxylic acids is 1. The number of rotatable bonds is 6. The second kappa shape index (κ2) is 6.96. The SMILES string of the molecule is CCSCC(NC(=O)c1ccccc1)C(=O)O. The molecule has 0 aliphatic rings. The first kappa shape index (κ1) is 13.6. The van der Waals surface area contributed by atoms with Crippen molar-refractivity contribution in [3.8, 4) is 0 Å². The zero-order chi connectivity index (χ0) is 12.7. The minimum atomic E-state index is -1.00. The number of carbonyl (C=O) groups excluding carboxylic acids is 1. The zero-order valence-electron chi connectivity index (χ0n) is 9.55. The van der Waals surface area contributed by atoms with Gasteiger partial charge in [0.25, 0.3) is 5.91 Å². The number of benzene rings is 1. The van der Waals surface area contributed by atoms with Gasteiger partial charge in [0.05, 0.1) is 0 Å². The number of hydrogen-bond acceptors (Lipinski definition) is 3. The highest BCUT2D eigenvalue weighted by atomic mass is 32.2. The first-order chi connectivity index (χ1) is 8.15. The number of thioether (sulfide) groups is 1. The Morgan fingerprint density at radius 3 is 2.53 bits per heavy atom. The fourth-order valence-corrected chi connectivity index (χ4v) is 1.94. The molecule has 4 nitrogen and oxygen atoms in total. The third kappa shape index (κ3) is 4.48. The van der Waals surface area contributed by atoms with E-state index in [1.165, 1.54) is 11.8 Å². The van der Waals surface area contributed by atoms with Gasteiger partial charge in [0, 0.05) is 11.3 Å². The Kier molecular flexibility index (Phi) is 5.56. The summed E-state index contributed by atoms with van der Waals surface area (Å²) in [4.78, 5) is 22.7. The fourth-order valence-electron chi connectivity index (χ4n) is 1.24. The van der Waals surface area contributed by atoms with Crippen molar-refractivity contribution in [2.24, 2.45) is 0 Å². The maximum atomic E-state index is 11.7. The maximum absolute atomic E-state index is 11.7. The second-order valence-electron chi connectivity index (χ2n) is 3.39. The van der Waals surface area contributed by atoms with Gasteiger partial charge in [-0.25, -0.2) is 4.79 Å². The average molecular weight is 253 g/mol. The predicted octanol–water partition coefficient (Wildman–Crippen LogP) is 1.62. The summed E-state index contributed by atoms with van der Waals surface area (Å²) in [5.41, 5.74) is 0.472. The van der Waals surface area contributed by atoms with E-state index in [9.17, 15) is 9.59 Å². The minimum Gasteiger partial charge on any atom is -0.480 e. The lowest BCUT2D eigenvalue weighted by Crippen LogP contribution is -2.42. The molecule has 0 saturated heterocycles. The van der Waals surface area contributed by atoms with Gasteiger partial charge < -0.3 is 10.4 Å². The van der Waals surface area contributed by atoms with E-state index in [4.69, 9.17) is 5.11 Å². The van der Waals surface area contributed by atoms with Gasteiger partial charge in [-0.1, -0.05) is 25.1 Å². The lowest BCUT2D eigenvalue weighted by Gasteiger charge is -2.13. The molecule has 0 heterocycles. The largest absolute Gasteiger partial charge is 0.480 e. The van der Waals surface area contributed by atoms with Gasteiger partial charge in [-0.15, -0.1) is 0 Å². The number of hydrogen-bond donors (Lipinski definition) is 2. The van der Waals surface area contributed by atoms with Gasteiger partial charge in [0.1, 0.15) is 6.04 Å². The van der Waals surface area contributed by atoms with Crippen LogP contribution in [0.1, 0.15) is 17.3 Å². The molecule has 1 aromatic rings. The molecule has 0 aliphatic carbocycles. The summed E-state index contributed by atoms with van der Waals surface area (Å²) < 4.78 is 0. The monoisotopic (exact) mass is 253 g/mol. The molecule has 0 radical (unpaired) electrons. The van der Waals surface area contributed by atoms with Gasteiger partial charge in [-0.3, -0.25) is 4.79 Å². The number of amides is 1. The van der Waals surface area contributed by atoms with E-state index in [-0.39, 0.29) is 5.91 Å². The van der Waals surface area contributed by atoms with Gasteiger partial charge in [0.2, 0.25) is 0 Å². The van der Waals surface area contributed by atoms with E-state index in [0.717, 1.165) is 5.75 Å². The summed E-state index contributed by atoms with van der Waals surface area (Å²) in [5.74, 6) is -0.153. The lowest BCUT2D eigenvalue weighted by atomic mass is 10.2. The second-order valence-corrected chi connectivity index (χ2v) is 4.71. The van der Waals surface area contributed by atoms with Crippen LogP contribution in [0.15, 0.2) is 30.3 Å². The molecule has 92 valence electrons. The Morgan fingerprint density at radius 2 is 2.00 bits per heavy atom. The van der Waals surface area contributed by atoms with E-state index in [2.05, 4.69) is 5.32 Å². The molecule has 1 amide bonds. The van der Waals surface area contributed by atoms with Crippen LogP contribution in [0.2, 0.25) is 0 Å². The molecule has 1 rings (SSSR count). The Labute approximate surface area is 104 Å². The number of nitrogens with one attached hydrogen (secondary N) is 1. The van der Waals surface area contributed by atoms with Crippen molar-refractivity contribution in [2.45, 2.75) is 13.0 Å². The van der Waals surface area contributed by atoms with Gasteiger partial charge in [-0.2, -0.15) is 11.8 Å². The first-order valence-electron chi connectivity index (χ1n) is 5.31. The molecule has 1 unspecified atom stereocenters. The van der Waals surface area contributed by atoms with Crippen LogP contribution in [0.3, 0.4) is 0 Å². The summed E-state index contributed by atoms with van der Waals surface area (Å²) in [6.07, 6.45) is 0. The van der Waals surface area contributed by atoms with Crippen molar-refractivity contribution in [3.05, 3.63) is 35.9 Å². The van der Waals surface area contributed by atoms with Crippen molar-refractivity contribution in [3.63, 3.8) is 0 Å². The molecule has 17 heavy (non-hydrogen) atoms. The predicted molar refractivity (Wildman–Crippen MR) is 68.3 cm³/mol. The lowest BCUT2D eigenvalue weighted by molar-refractivity contribution is -0.138. The van der Waals surface area contributed by atoms with Crippen molar-refractivity contribution < 1.29 is 14.7 Å². The Hall–Kier alpha value is -1.49. The van der Waals surface area contributed by atoms with Crippen molar-refractivity contribution >= 4 is 23.6 Å². The van der Waals surface area contributed by atoms with Crippen LogP contribution < -0.4 is 5.32 Å². The third-order valence-electron chi connectivity index (χ3n) is 2.13. The smallest absolute Gasteiger partial charge is 0.327 e. The molecule has 1 aromatic carbocycles. The summed E-state index contributed by atoms with van der Waals surface area (Å²) >= 11 is 1.49. The fraction of sp³-hybridized carbons (Fsp3) is 0.333. The molecular weight excluding hydrogens is 238 g/mol. The molecule has 0 aliphatic heterocycles. The van der Waals surface area contributed by atoms with Gasteiger partial charge >= 0.3 is 5.97 Å². The Bertz CT molecular complexity index is 381. The highest BCUT2D eigenvalue weighted by molar-refractivity contribution is 7.99. The normalized spacial score (nSPS) is 11.8. The highest BCUT2D eigenvalue weighted by Crippen LogP contribution is 2.04. The molecule has 2 N–H and O–H groups in total. The third-order valence-corrected chi connectivity index (χ3v) is 3.11. The summed E-state index contributed by atoms with van der Waals surface area (Å²) in [6.45, 7) is 1.95. The quantitative estimate of drug-likeness (QED) is 0.808. The van der Waals surface area contributed by atoms with Crippen LogP contribution in [0, 0.1) is 0 Å². The van der Waals surface area contributed by atoms with Crippen LogP contribution in [0.5, 0.6) is 0 Å². The van der Waals surface area contributed by atoms with Crippen molar-refractivity contribution in [1.29, 1.82) is 0 Å². The minimum absolute atomic E-state index is 0.352. The molecule has 0 fully saturated rings. The summed E-state index contributed by atoms with van der Waals surface area (Å²) in [7, 11) is 0. The topological polar surface area (TPSA) is 66.4 Å². The molecule has 5 heteroatoms. The molecule has 1 atom stereocenters. The maximum Gasteiger partial charge on any atom is 0.327 e. The first-order valence-corrected chi connectivity index (χ1v) is 6.47. The van der Waals surface area contributed by atoms with Crippen LogP contribution in [0.25, 0.3) is 0 Å². The zero-order valence-corrected chi connectivity index (χ0v) is 10.4. The Balaban J connectivity index is 2.61. The standard InChI is InChI=1S/C12H15NO3S/c1-2-17-8-10(12(15)16)13-11(14)9-6-4-3-5-7-9/h3-7,10H,2,8H2,1H3,(H,13,14)(H,15,16). The molecule has 0 aromatic heterocycles. The van der Waals surface area contributed by atoms with E-state index in [0.29, 0.717) is 11.3 Å². The summed E-state index contributed by atoms with van der Waals surface area (Å²) in [5, 5.41) is 11.5. The molecular formula is C12H15NO3S. The van der Waals surface area contributed by atoms with E-state index < -0.39 is 12.0 Å². The van der Waals surface area contributed by atoms with Gasteiger partial charge in [0.15, 0.2) is 0 Å². The molecule has 0 spiro atoms. The van der Waals surface area contributed by atoms with Crippen LogP contribution in [-0.4, -0.2) is 34.5 Å². The van der Waals surface area contributed by atoms with E-state index in [1.54, 1.807) is 30.3 Å². The van der Waals surface area contributed by atoms with Crippen LogP contribution in [-0.2, 0) is 4.79 Å². The molecule has 0 bridgehead atoms.